The Morgan fingerprint density at radius 3 is 2.83 bits per heavy atom. The number of imidazole rings is 1. The first-order valence-corrected chi connectivity index (χ1v) is 9.17. The minimum Gasteiger partial charge on any atom is -0.365 e. The highest BCUT2D eigenvalue weighted by atomic mass is 79.9. The van der Waals surface area contributed by atoms with Gasteiger partial charge in [0.2, 0.25) is 0 Å². The van der Waals surface area contributed by atoms with Crippen molar-refractivity contribution in [2.75, 3.05) is 11.4 Å². The second kappa shape index (κ2) is 5.88. The number of benzene rings is 1. The summed E-state index contributed by atoms with van der Waals surface area (Å²) in [6.07, 6.45) is 2.93. The summed E-state index contributed by atoms with van der Waals surface area (Å²) >= 11 is 3.58. The van der Waals surface area contributed by atoms with E-state index in [0.29, 0.717) is 5.92 Å². The molecule has 24 heavy (non-hydrogen) atoms. The van der Waals surface area contributed by atoms with E-state index >= 15 is 0 Å². The van der Waals surface area contributed by atoms with Gasteiger partial charge in [-0.1, -0.05) is 29.8 Å². The van der Waals surface area contributed by atoms with Gasteiger partial charge in [-0.3, -0.25) is 4.98 Å². The van der Waals surface area contributed by atoms with Crippen LogP contribution >= 0.6 is 15.9 Å². The van der Waals surface area contributed by atoms with Gasteiger partial charge in [0, 0.05) is 53.4 Å². The van der Waals surface area contributed by atoms with Crippen LogP contribution in [0.1, 0.15) is 37.0 Å². The number of nitrogens with zero attached hydrogens (tertiary/aromatic N) is 4. The zero-order chi connectivity index (χ0) is 16.8. The van der Waals surface area contributed by atoms with Crippen molar-refractivity contribution in [1.82, 2.24) is 14.5 Å². The lowest BCUT2D eigenvalue weighted by molar-refractivity contribution is 0.663. The molecule has 0 radical (unpaired) electrons. The third kappa shape index (κ3) is 2.51. The molecule has 3 heterocycles. The van der Waals surface area contributed by atoms with E-state index in [9.17, 15) is 0 Å². The van der Waals surface area contributed by atoms with Gasteiger partial charge in [-0.05, 0) is 24.3 Å². The lowest BCUT2D eigenvalue weighted by Gasteiger charge is -2.29. The lowest BCUT2D eigenvalue weighted by Crippen LogP contribution is -2.31. The summed E-state index contributed by atoms with van der Waals surface area (Å²) in [7, 11) is 2.15. The maximum Gasteiger partial charge on any atom is 0.111 e. The summed E-state index contributed by atoms with van der Waals surface area (Å²) in [6, 6.07) is 8.38. The average Bonchev–Trinajstić information content (AvgIpc) is 2.91. The normalized spacial score (nSPS) is 14.5. The molecule has 0 spiro atoms. The van der Waals surface area contributed by atoms with Crippen LogP contribution in [0.2, 0.25) is 0 Å². The van der Waals surface area contributed by atoms with Crippen LogP contribution < -0.4 is 4.90 Å². The van der Waals surface area contributed by atoms with E-state index in [0.717, 1.165) is 29.5 Å². The van der Waals surface area contributed by atoms with Gasteiger partial charge in [-0.15, -0.1) is 0 Å². The summed E-state index contributed by atoms with van der Waals surface area (Å²) < 4.78 is 3.38. The highest BCUT2D eigenvalue weighted by Crippen LogP contribution is 2.32. The molecule has 4 rings (SSSR count). The third-order valence-electron chi connectivity index (χ3n) is 4.83. The smallest absolute Gasteiger partial charge is 0.111 e. The number of aromatic nitrogens is 3. The quantitative estimate of drug-likeness (QED) is 0.655. The standard InChI is InChI=1S/C19H21BrN4/c1-12(2)19-22-16-11-24(9-7-18(16)23(19)3)17-6-8-21-15-5-4-13(20)10-14(15)17/h4-6,8,10,12H,7,9,11H2,1-3H3. The average molecular weight is 385 g/mol. The van der Waals surface area contributed by atoms with Crippen molar-refractivity contribution >= 4 is 32.5 Å². The highest BCUT2D eigenvalue weighted by Gasteiger charge is 2.24. The van der Waals surface area contributed by atoms with Crippen molar-refractivity contribution in [2.45, 2.75) is 32.7 Å². The van der Waals surface area contributed by atoms with Gasteiger partial charge in [0.05, 0.1) is 17.8 Å². The van der Waals surface area contributed by atoms with Crippen LogP contribution in [0, 0.1) is 0 Å². The van der Waals surface area contributed by atoms with Crippen LogP contribution in [0.4, 0.5) is 5.69 Å². The monoisotopic (exact) mass is 384 g/mol. The van der Waals surface area contributed by atoms with Gasteiger partial charge in [0.1, 0.15) is 5.82 Å². The van der Waals surface area contributed by atoms with E-state index in [4.69, 9.17) is 4.98 Å². The van der Waals surface area contributed by atoms with Crippen molar-refractivity contribution in [2.24, 2.45) is 7.05 Å². The van der Waals surface area contributed by atoms with Crippen LogP contribution in [0.15, 0.2) is 34.9 Å². The van der Waals surface area contributed by atoms with Gasteiger partial charge < -0.3 is 9.47 Å². The SMILES string of the molecule is CC(C)c1nc2c(n1C)CCN(c1ccnc3ccc(Br)cc13)C2. The molecule has 2 aromatic heterocycles. The Labute approximate surface area is 150 Å². The van der Waals surface area contributed by atoms with Crippen molar-refractivity contribution in [1.29, 1.82) is 0 Å². The largest absolute Gasteiger partial charge is 0.365 e. The van der Waals surface area contributed by atoms with Crippen LogP contribution in [0.5, 0.6) is 0 Å². The molecular weight excluding hydrogens is 364 g/mol. The van der Waals surface area contributed by atoms with E-state index in [2.05, 4.69) is 69.5 Å². The molecule has 3 aromatic rings. The fourth-order valence-corrected chi connectivity index (χ4v) is 4.01. The van der Waals surface area contributed by atoms with Crippen molar-refractivity contribution < 1.29 is 0 Å². The topological polar surface area (TPSA) is 34.0 Å². The molecule has 0 fully saturated rings. The first-order chi connectivity index (χ1) is 11.5. The molecule has 0 saturated heterocycles. The zero-order valence-corrected chi connectivity index (χ0v) is 15.8. The maximum absolute atomic E-state index is 4.92. The van der Waals surface area contributed by atoms with Gasteiger partial charge in [-0.2, -0.15) is 0 Å². The van der Waals surface area contributed by atoms with E-state index < -0.39 is 0 Å². The minimum absolute atomic E-state index is 0.451. The Morgan fingerprint density at radius 2 is 2.04 bits per heavy atom. The van der Waals surface area contributed by atoms with Gasteiger partial charge in [0.25, 0.3) is 0 Å². The minimum atomic E-state index is 0.451. The molecule has 0 amide bonds. The second-order valence-electron chi connectivity index (χ2n) is 6.74. The van der Waals surface area contributed by atoms with Gasteiger partial charge in [0.15, 0.2) is 0 Å². The molecule has 124 valence electrons. The molecule has 0 saturated carbocycles. The molecule has 4 nitrogen and oxygen atoms in total. The summed E-state index contributed by atoms with van der Waals surface area (Å²) in [5.41, 5.74) is 4.87. The van der Waals surface area contributed by atoms with Crippen LogP contribution in [0.3, 0.4) is 0 Å². The molecule has 0 atom stereocenters. The van der Waals surface area contributed by atoms with Crippen molar-refractivity contribution in [3.8, 4) is 0 Å². The van der Waals surface area contributed by atoms with E-state index in [-0.39, 0.29) is 0 Å². The summed E-state index contributed by atoms with van der Waals surface area (Å²) in [4.78, 5) is 11.8. The number of rotatable bonds is 2. The van der Waals surface area contributed by atoms with Crippen LogP contribution in [-0.4, -0.2) is 21.1 Å². The molecule has 0 bridgehead atoms. The second-order valence-corrected chi connectivity index (χ2v) is 7.66. The summed E-state index contributed by atoms with van der Waals surface area (Å²) in [6.45, 7) is 6.29. The molecule has 1 aromatic carbocycles. The molecule has 1 aliphatic rings. The Balaban J connectivity index is 1.75. The fraction of sp³-hybridized carbons (Fsp3) is 0.368. The molecule has 0 aliphatic carbocycles. The van der Waals surface area contributed by atoms with Crippen LogP contribution in [-0.2, 0) is 20.0 Å². The first kappa shape index (κ1) is 15.6. The first-order valence-electron chi connectivity index (χ1n) is 8.38. The number of hydrogen-bond donors (Lipinski definition) is 0. The molecule has 1 aliphatic heterocycles. The molecule has 0 unspecified atom stereocenters. The van der Waals surface area contributed by atoms with Crippen molar-refractivity contribution in [3.05, 3.63) is 52.1 Å². The van der Waals surface area contributed by atoms with E-state index in [1.165, 1.54) is 28.3 Å². The fourth-order valence-electron chi connectivity index (χ4n) is 3.65. The molecule has 0 N–H and O–H groups in total. The Kier molecular flexibility index (Phi) is 3.83. The Morgan fingerprint density at radius 1 is 1.21 bits per heavy atom. The molecular formula is C19H21BrN4. The van der Waals surface area contributed by atoms with Gasteiger partial charge >= 0.3 is 0 Å². The Hall–Kier alpha value is -1.88. The summed E-state index contributed by atoms with van der Waals surface area (Å²) in [5, 5.41) is 1.19. The van der Waals surface area contributed by atoms with E-state index in [1.54, 1.807) is 0 Å². The third-order valence-corrected chi connectivity index (χ3v) is 5.32. The lowest BCUT2D eigenvalue weighted by atomic mass is 10.1. The predicted molar refractivity (Wildman–Crippen MR) is 101 cm³/mol. The van der Waals surface area contributed by atoms with Crippen LogP contribution in [0.25, 0.3) is 10.9 Å². The summed E-state index contributed by atoms with van der Waals surface area (Å²) in [5.74, 6) is 1.64. The van der Waals surface area contributed by atoms with E-state index in [1.807, 2.05) is 12.3 Å². The highest BCUT2D eigenvalue weighted by molar-refractivity contribution is 9.10. The number of anilines is 1. The van der Waals surface area contributed by atoms with Gasteiger partial charge in [-0.25, -0.2) is 4.98 Å². The molecule has 5 heteroatoms. The van der Waals surface area contributed by atoms with Crippen molar-refractivity contribution in [3.63, 3.8) is 0 Å². The number of hydrogen-bond acceptors (Lipinski definition) is 3. The predicted octanol–water partition coefficient (Wildman–Crippen LogP) is 4.42. The maximum atomic E-state index is 4.92. The Bertz CT molecular complexity index is 913. The number of pyridine rings is 1. The number of halogens is 1. The number of fused-ring (bicyclic) bond motifs is 2. The zero-order valence-electron chi connectivity index (χ0n) is 14.3.